The van der Waals surface area contributed by atoms with Gasteiger partial charge in [0.1, 0.15) is 0 Å². The van der Waals surface area contributed by atoms with E-state index < -0.39 is 17.8 Å². The van der Waals surface area contributed by atoms with Crippen molar-refractivity contribution in [3.8, 4) is 0 Å². The van der Waals surface area contributed by atoms with E-state index in [1.165, 1.54) is 6.92 Å². The Labute approximate surface area is 170 Å². The van der Waals surface area contributed by atoms with Crippen LogP contribution in [0.4, 0.5) is 10.5 Å². The highest BCUT2D eigenvalue weighted by molar-refractivity contribution is 5.96. The summed E-state index contributed by atoms with van der Waals surface area (Å²) in [5, 5.41) is 2.63. The fourth-order valence-electron chi connectivity index (χ4n) is 3.69. The molecule has 2 heterocycles. The molecule has 3 amide bonds. The number of Topliss-reactive ketones (excluding diaryl/α,β-unsaturated/α-hetero) is 1. The summed E-state index contributed by atoms with van der Waals surface area (Å²) in [7, 11) is 0. The maximum atomic E-state index is 12.5. The van der Waals surface area contributed by atoms with Gasteiger partial charge in [-0.25, -0.2) is 4.79 Å². The zero-order valence-corrected chi connectivity index (χ0v) is 16.7. The molecule has 0 aliphatic carbocycles. The van der Waals surface area contributed by atoms with Crippen molar-refractivity contribution in [1.29, 1.82) is 0 Å². The van der Waals surface area contributed by atoms with Crippen LogP contribution in [0.5, 0.6) is 0 Å². The average molecular weight is 401 g/mol. The molecule has 1 aromatic rings. The first-order chi connectivity index (χ1) is 13.9. The second kappa shape index (κ2) is 9.54. The van der Waals surface area contributed by atoms with Gasteiger partial charge in [-0.1, -0.05) is 0 Å². The third kappa shape index (κ3) is 5.56. The number of carbonyl (C=O) groups excluding carboxylic acids is 4. The average Bonchev–Trinajstić information content (AvgIpc) is 3.27. The number of carbonyl (C=O) groups is 4. The molecule has 0 bridgehead atoms. The van der Waals surface area contributed by atoms with E-state index in [1.807, 2.05) is 4.90 Å². The first-order valence-electron chi connectivity index (χ1n) is 10.1. The van der Waals surface area contributed by atoms with Gasteiger partial charge in [0.05, 0.1) is 5.92 Å². The highest BCUT2D eigenvalue weighted by Crippen LogP contribution is 2.21. The Morgan fingerprint density at radius 2 is 1.66 bits per heavy atom. The Morgan fingerprint density at radius 3 is 2.31 bits per heavy atom. The number of urea groups is 1. The van der Waals surface area contributed by atoms with Gasteiger partial charge in [-0.3, -0.25) is 14.4 Å². The summed E-state index contributed by atoms with van der Waals surface area (Å²) in [4.78, 5) is 51.8. The van der Waals surface area contributed by atoms with Crippen LogP contribution >= 0.6 is 0 Å². The summed E-state index contributed by atoms with van der Waals surface area (Å²) >= 11 is 0. The van der Waals surface area contributed by atoms with Crippen LogP contribution in [-0.2, 0) is 14.3 Å². The number of ether oxygens (including phenoxy) is 1. The van der Waals surface area contributed by atoms with Crippen LogP contribution in [0.2, 0.25) is 0 Å². The molecule has 0 radical (unpaired) electrons. The van der Waals surface area contributed by atoms with Gasteiger partial charge >= 0.3 is 12.0 Å². The smallest absolute Gasteiger partial charge is 0.320 e. The van der Waals surface area contributed by atoms with Gasteiger partial charge in [-0.2, -0.15) is 0 Å². The number of piperidine rings is 1. The summed E-state index contributed by atoms with van der Waals surface area (Å²) in [6.07, 6.45) is 3.44. The van der Waals surface area contributed by atoms with Crippen LogP contribution in [0.3, 0.4) is 0 Å². The fourth-order valence-corrected chi connectivity index (χ4v) is 3.69. The summed E-state index contributed by atoms with van der Waals surface area (Å²) < 4.78 is 5.17. The first kappa shape index (κ1) is 20.8. The molecule has 8 nitrogen and oxygen atoms in total. The van der Waals surface area contributed by atoms with Crippen molar-refractivity contribution >= 4 is 29.4 Å². The summed E-state index contributed by atoms with van der Waals surface area (Å²) in [5.41, 5.74) is 1.08. The molecule has 0 aromatic heterocycles. The van der Waals surface area contributed by atoms with Crippen molar-refractivity contribution in [3.05, 3.63) is 29.8 Å². The van der Waals surface area contributed by atoms with Gasteiger partial charge in [-0.05, 0) is 56.9 Å². The molecule has 0 spiro atoms. The molecule has 1 unspecified atom stereocenters. The van der Waals surface area contributed by atoms with E-state index in [9.17, 15) is 19.2 Å². The van der Waals surface area contributed by atoms with Gasteiger partial charge in [0.25, 0.3) is 5.91 Å². The topological polar surface area (TPSA) is 96.0 Å². The van der Waals surface area contributed by atoms with E-state index in [2.05, 4.69) is 5.32 Å². The standard InChI is InChI=1S/C21H27N3O5/c1-15(25)16-6-8-18(9-7-16)22-19(26)14-29-20(27)17-5-4-12-24(13-17)21(28)23-10-2-3-11-23/h6-9,17H,2-5,10-14H2,1H3,(H,22,26). The molecule has 1 aromatic carbocycles. The number of rotatable bonds is 5. The van der Waals surface area contributed by atoms with Crippen LogP contribution in [0.25, 0.3) is 0 Å². The van der Waals surface area contributed by atoms with Crippen molar-refractivity contribution in [3.63, 3.8) is 0 Å². The molecule has 1 N–H and O–H groups in total. The Bertz CT molecular complexity index is 771. The van der Waals surface area contributed by atoms with Gasteiger partial charge in [-0.15, -0.1) is 0 Å². The van der Waals surface area contributed by atoms with Gasteiger partial charge in [0, 0.05) is 37.4 Å². The Hall–Kier alpha value is -2.90. The van der Waals surface area contributed by atoms with Crippen LogP contribution in [0, 0.1) is 5.92 Å². The Balaban J connectivity index is 1.45. The van der Waals surface area contributed by atoms with Crippen LogP contribution < -0.4 is 5.32 Å². The van der Waals surface area contributed by atoms with Gasteiger partial charge in [0.15, 0.2) is 12.4 Å². The number of likely N-dealkylation sites (tertiary alicyclic amines) is 2. The van der Waals surface area contributed by atoms with E-state index >= 15 is 0 Å². The minimum absolute atomic E-state index is 0.00764. The molecule has 1 atom stereocenters. The highest BCUT2D eigenvalue weighted by Gasteiger charge is 2.32. The number of benzene rings is 1. The lowest BCUT2D eigenvalue weighted by Crippen LogP contribution is -2.48. The van der Waals surface area contributed by atoms with Crippen molar-refractivity contribution in [2.24, 2.45) is 5.92 Å². The number of nitrogens with one attached hydrogen (secondary N) is 1. The molecule has 2 aliphatic rings. The predicted octanol–water partition coefficient (Wildman–Crippen LogP) is 2.30. The number of ketones is 1. The normalized spacial score (nSPS) is 19.0. The molecule has 0 saturated carbocycles. The summed E-state index contributed by atoms with van der Waals surface area (Å²) in [6.45, 7) is 3.62. The summed E-state index contributed by atoms with van der Waals surface area (Å²) in [5.74, 6) is -1.36. The molecule has 2 saturated heterocycles. The van der Waals surface area contributed by atoms with E-state index in [0.717, 1.165) is 32.4 Å². The number of nitrogens with zero attached hydrogens (tertiary/aromatic N) is 2. The number of amides is 3. The summed E-state index contributed by atoms with van der Waals surface area (Å²) in [6, 6.07) is 6.49. The zero-order chi connectivity index (χ0) is 20.8. The quantitative estimate of drug-likeness (QED) is 0.603. The number of hydrogen-bond donors (Lipinski definition) is 1. The Morgan fingerprint density at radius 1 is 1.00 bits per heavy atom. The first-order valence-corrected chi connectivity index (χ1v) is 10.1. The molecule has 29 heavy (non-hydrogen) atoms. The SMILES string of the molecule is CC(=O)c1ccc(NC(=O)COC(=O)C2CCCN(C(=O)N3CCCC3)C2)cc1. The molecular weight excluding hydrogens is 374 g/mol. The minimum atomic E-state index is -0.453. The van der Waals surface area contributed by atoms with Crippen LogP contribution in [-0.4, -0.2) is 66.3 Å². The maximum Gasteiger partial charge on any atom is 0.320 e. The third-order valence-corrected chi connectivity index (χ3v) is 5.32. The van der Waals surface area contributed by atoms with Gasteiger partial charge in [0.2, 0.25) is 0 Å². The van der Waals surface area contributed by atoms with Gasteiger partial charge < -0.3 is 19.9 Å². The van der Waals surface area contributed by atoms with E-state index in [1.54, 1.807) is 29.2 Å². The van der Waals surface area contributed by atoms with E-state index in [-0.39, 0.29) is 18.4 Å². The van der Waals surface area contributed by atoms with Crippen molar-refractivity contribution in [1.82, 2.24) is 9.80 Å². The molecule has 3 rings (SSSR count). The molecule has 2 fully saturated rings. The van der Waals surface area contributed by atoms with Crippen molar-refractivity contribution < 1.29 is 23.9 Å². The number of anilines is 1. The van der Waals surface area contributed by atoms with E-state index in [0.29, 0.717) is 30.8 Å². The van der Waals surface area contributed by atoms with E-state index in [4.69, 9.17) is 4.74 Å². The zero-order valence-electron chi connectivity index (χ0n) is 16.7. The second-order valence-corrected chi connectivity index (χ2v) is 7.55. The molecule has 2 aliphatic heterocycles. The lowest BCUT2D eigenvalue weighted by molar-refractivity contribution is -0.152. The maximum absolute atomic E-state index is 12.5. The second-order valence-electron chi connectivity index (χ2n) is 7.55. The monoisotopic (exact) mass is 401 g/mol. The van der Waals surface area contributed by atoms with Crippen LogP contribution in [0.15, 0.2) is 24.3 Å². The largest absolute Gasteiger partial charge is 0.455 e. The Kier molecular flexibility index (Phi) is 6.85. The predicted molar refractivity (Wildman–Crippen MR) is 107 cm³/mol. The van der Waals surface area contributed by atoms with Crippen molar-refractivity contribution in [2.45, 2.75) is 32.6 Å². The lowest BCUT2D eigenvalue weighted by Gasteiger charge is -2.34. The minimum Gasteiger partial charge on any atom is -0.455 e. The molecule has 8 heteroatoms. The van der Waals surface area contributed by atoms with Crippen LogP contribution in [0.1, 0.15) is 43.0 Å². The number of esters is 1. The van der Waals surface area contributed by atoms with Crippen molar-refractivity contribution in [2.75, 3.05) is 38.1 Å². The number of hydrogen-bond acceptors (Lipinski definition) is 5. The molecule has 156 valence electrons. The lowest BCUT2D eigenvalue weighted by atomic mass is 9.98. The fraction of sp³-hybridized carbons (Fsp3) is 0.524. The molecular formula is C21H27N3O5. The third-order valence-electron chi connectivity index (χ3n) is 5.32. The highest BCUT2D eigenvalue weighted by atomic mass is 16.5.